The van der Waals surface area contributed by atoms with Gasteiger partial charge >= 0.3 is 0 Å². The average molecular weight is 265 g/mol. The highest BCUT2D eigenvalue weighted by atomic mass is 32.2. The van der Waals surface area contributed by atoms with Crippen LogP contribution in [0.5, 0.6) is 0 Å². The standard InChI is InChI=1S/C12H15N3O2S/c1-7(13)12(17)15-9-5-8(14-2)3-4-10(9)18-6-11(15)16/h3-5,7,14H,6,13H2,1-2H3. The summed E-state index contributed by atoms with van der Waals surface area (Å²) in [6.07, 6.45) is 0. The minimum Gasteiger partial charge on any atom is -0.388 e. The van der Waals surface area contributed by atoms with Crippen LogP contribution in [-0.4, -0.2) is 30.7 Å². The number of carbonyl (C=O) groups is 2. The van der Waals surface area contributed by atoms with Gasteiger partial charge in [0, 0.05) is 17.6 Å². The van der Waals surface area contributed by atoms with Crippen molar-refractivity contribution in [3.8, 4) is 0 Å². The minimum absolute atomic E-state index is 0.219. The van der Waals surface area contributed by atoms with Gasteiger partial charge in [-0.25, -0.2) is 4.90 Å². The molecule has 2 rings (SSSR count). The number of rotatable bonds is 2. The molecule has 0 bridgehead atoms. The molecule has 2 amide bonds. The van der Waals surface area contributed by atoms with Gasteiger partial charge < -0.3 is 11.1 Å². The number of hydrogen-bond acceptors (Lipinski definition) is 5. The predicted molar refractivity (Wildman–Crippen MR) is 72.9 cm³/mol. The van der Waals surface area contributed by atoms with Crippen molar-refractivity contribution in [2.45, 2.75) is 17.9 Å². The summed E-state index contributed by atoms with van der Waals surface area (Å²) >= 11 is 1.44. The number of carbonyl (C=O) groups excluding carboxylic acids is 2. The van der Waals surface area contributed by atoms with E-state index in [0.29, 0.717) is 5.69 Å². The van der Waals surface area contributed by atoms with Crippen LogP contribution in [0.15, 0.2) is 23.1 Å². The second-order valence-electron chi connectivity index (χ2n) is 4.08. The molecule has 1 aromatic rings. The molecule has 6 heteroatoms. The molecule has 1 heterocycles. The van der Waals surface area contributed by atoms with Gasteiger partial charge in [-0.3, -0.25) is 9.59 Å². The summed E-state index contributed by atoms with van der Waals surface area (Å²) in [4.78, 5) is 26.0. The highest BCUT2D eigenvalue weighted by Gasteiger charge is 2.31. The molecule has 0 aromatic heterocycles. The van der Waals surface area contributed by atoms with E-state index in [2.05, 4.69) is 5.32 Å². The van der Waals surface area contributed by atoms with Crippen molar-refractivity contribution in [2.24, 2.45) is 5.73 Å². The SMILES string of the molecule is CNc1ccc2c(c1)N(C(=O)C(C)N)C(=O)CS2. The maximum absolute atomic E-state index is 12.0. The Balaban J connectivity index is 2.48. The molecule has 1 unspecified atom stereocenters. The first-order valence-electron chi connectivity index (χ1n) is 5.61. The van der Waals surface area contributed by atoms with E-state index in [1.165, 1.54) is 16.7 Å². The third kappa shape index (κ3) is 2.21. The van der Waals surface area contributed by atoms with Gasteiger partial charge in [-0.05, 0) is 25.1 Å². The lowest BCUT2D eigenvalue weighted by Crippen LogP contribution is -2.47. The molecule has 3 N–H and O–H groups in total. The van der Waals surface area contributed by atoms with Crippen LogP contribution < -0.4 is 16.0 Å². The van der Waals surface area contributed by atoms with Crippen LogP contribution in [0.1, 0.15) is 6.92 Å². The van der Waals surface area contributed by atoms with Crippen molar-refractivity contribution in [3.05, 3.63) is 18.2 Å². The fourth-order valence-electron chi connectivity index (χ4n) is 1.75. The zero-order valence-corrected chi connectivity index (χ0v) is 11.1. The lowest BCUT2D eigenvalue weighted by molar-refractivity contribution is -0.125. The number of imide groups is 1. The van der Waals surface area contributed by atoms with Gasteiger partial charge in [-0.15, -0.1) is 11.8 Å². The fraction of sp³-hybridized carbons (Fsp3) is 0.333. The van der Waals surface area contributed by atoms with Gasteiger partial charge in [0.1, 0.15) is 0 Å². The summed E-state index contributed by atoms with van der Waals surface area (Å²) in [6.45, 7) is 1.58. The molecule has 1 atom stereocenters. The van der Waals surface area contributed by atoms with Crippen LogP contribution in [0.3, 0.4) is 0 Å². The molecule has 18 heavy (non-hydrogen) atoms. The quantitative estimate of drug-likeness (QED) is 0.835. The molecule has 0 saturated carbocycles. The molecule has 1 aromatic carbocycles. The minimum atomic E-state index is -0.692. The number of amides is 2. The van der Waals surface area contributed by atoms with Gasteiger partial charge in [0.25, 0.3) is 0 Å². The van der Waals surface area contributed by atoms with Crippen LogP contribution in [0.25, 0.3) is 0 Å². The Hall–Kier alpha value is -1.53. The van der Waals surface area contributed by atoms with Gasteiger partial charge in [0.05, 0.1) is 17.5 Å². The van der Waals surface area contributed by atoms with Crippen molar-refractivity contribution in [2.75, 3.05) is 23.0 Å². The maximum Gasteiger partial charge on any atom is 0.250 e. The molecule has 0 fully saturated rings. The number of thioether (sulfide) groups is 1. The molecule has 96 valence electrons. The Bertz CT molecular complexity index is 502. The number of hydrogen-bond donors (Lipinski definition) is 2. The van der Waals surface area contributed by atoms with Crippen LogP contribution in [-0.2, 0) is 9.59 Å². The second kappa shape index (κ2) is 4.99. The number of nitrogens with zero attached hydrogens (tertiary/aromatic N) is 1. The summed E-state index contributed by atoms with van der Waals surface area (Å²) in [5, 5.41) is 2.99. The summed E-state index contributed by atoms with van der Waals surface area (Å²) < 4.78 is 0. The summed E-state index contributed by atoms with van der Waals surface area (Å²) in [6, 6.07) is 4.92. The first kappa shape index (κ1) is 12.9. The van der Waals surface area contributed by atoms with E-state index < -0.39 is 6.04 Å². The van der Waals surface area contributed by atoms with E-state index in [-0.39, 0.29) is 17.6 Å². The van der Waals surface area contributed by atoms with E-state index in [0.717, 1.165) is 10.6 Å². The van der Waals surface area contributed by atoms with E-state index in [4.69, 9.17) is 5.73 Å². The number of nitrogens with two attached hydrogens (primary N) is 1. The van der Waals surface area contributed by atoms with Crippen molar-refractivity contribution in [3.63, 3.8) is 0 Å². The largest absolute Gasteiger partial charge is 0.388 e. The Morgan fingerprint density at radius 3 is 2.89 bits per heavy atom. The Morgan fingerprint density at radius 1 is 1.56 bits per heavy atom. The highest BCUT2D eigenvalue weighted by molar-refractivity contribution is 8.00. The maximum atomic E-state index is 12.0. The molecule has 5 nitrogen and oxygen atoms in total. The normalized spacial score (nSPS) is 16.2. The number of fused-ring (bicyclic) bond motifs is 1. The Kier molecular flexibility index (Phi) is 3.58. The van der Waals surface area contributed by atoms with Crippen LogP contribution in [0.4, 0.5) is 11.4 Å². The molecule has 0 spiro atoms. The van der Waals surface area contributed by atoms with Crippen molar-refractivity contribution < 1.29 is 9.59 Å². The molecule has 0 aliphatic carbocycles. The van der Waals surface area contributed by atoms with Gasteiger partial charge in [-0.1, -0.05) is 0 Å². The van der Waals surface area contributed by atoms with Crippen LogP contribution in [0.2, 0.25) is 0 Å². The fourth-order valence-corrected chi connectivity index (χ4v) is 2.62. The molecular weight excluding hydrogens is 250 g/mol. The van der Waals surface area contributed by atoms with Crippen LogP contribution in [0, 0.1) is 0 Å². The lowest BCUT2D eigenvalue weighted by Gasteiger charge is -2.28. The molecule has 0 radical (unpaired) electrons. The number of nitrogens with one attached hydrogen (secondary N) is 1. The first-order valence-corrected chi connectivity index (χ1v) is 6.60. The number of benzene rings is 1. The van der Waals surface area contributed by atoms with E-state index in [9.17, 15) is 9.59 Å². The zero-order chi connectivity index (χ0) is 13.3. The summed E-state index contributed by atoms with van der Waals surface area (Å²) in [7, 11) is 1.79. The second-order valence-corrected chi connectivity index (χ2v) is 5.09. The third-order valence-corrected chi connectivity index (χ3v) is 3.75. The lowest BCUT2D eigenvalue weighted by atomic mass is 10.2. The average Bonchev–Trinajstić information content (AvgIpc) is 2.37. The van der Waals surface area contributed by atoms with Crippen molar-refractivity contribution in [1.29, 1.82) is 0 Å². The molecule has 0 saturated heterocycles. The molecular formula is C12H15N3O2S. The van der Waals surface area contributed by atoms with Crippen LogP contribution >= 0.6 is 11.8 Å². The van der Waals surface area contributed by atoms with E-state index in [1.807, 2.05) is 12.1 Å². The van der Waals surface area contributed by atoms with E-state index in [1.54, 1.807) is 20.0 Å². The third-order valence-electron chi connectivity index (χ3n) is 2.70. The topological polar surface area (TPSA) is 75.4 Å². The van der Waals surface area contributed by atoms with Crippen molar-refractivity contribution in [1.82, 2.24) is 0 Å². The highest BCUT2D eigenvalue weighted by Crippen LogP contribution is 2.37. The number of anilines is 2. The summed E-state index contributed by atoms with van der Waals surface area (Å²) in [5.74, 6) is -0.317. The van der Waals surface area contributed by atoms with Gasteiger partial charge in [0.2, 0.25) is 11.8 Å². The predicted octanol–water partition coefficient (Wildman–Crippen LogP) is 1.04. The Labute approximate surface area is 110 Å². The summed E-state index contributed by atoms with van der Waals surface area (Å²) in [5.41, 5.74) is 7.06. The molecule has 1 aliphatic rings. The van der Waals surface area contributed by atoms with Gasteiger partial charge in [-0.2, -0.15) is 0 Å². The van der Waals surface area contributed by atoms with Gasteiger partial charge in [0.15, 0.2) is 0 Å². The van der Waals surface area contributed by atoms with Crippen molar-refractivity contribution >= 4 is 35.0 Å². The monoisotopic (exact) mass is 265 g/mol. The van der Waals surface area contributed by atoms with E-state index >= 15 is 0 Å². The smallest absolute Gasteiger partial charge is 0.250 e. The zero-order valence-electron chi connectivity index (χ0n) is 10.3. The Morgan fingerprint density at radius 2 is 2.28 bits per heavy atom. The molecule has 1 aliphatic heterocycles. The first-order chi connectivity index (χ1) is 8.54.